The zero-order valence-electron chi connectivity index (χ0n) is 13.5. The van der Waals surface area contributed by atoms with Gasteiger partial charge in [0.2, 0.25) is 0 Å². The lowest BCUT2D eigenvalue weighted by atomic mass is 10.1. The number of aliphatic hydroxyl groups is 1. The highest BCUT2D eigenvalue weighted by molar-refractivity contribution is 7.55. The minimum atomic E-state index is -4.66. The van der Waals surface area contributed by atoms with Crippen LogP contribution in [0.4, 0.5) is 8.78 Å². The van der Waals surface area contributed by atoms with Crippen LogP contribution in [0.1, 0.15) is 34.1 Å². The van der Waals surface area contributed by atoms with Gasteiger partial charge in [-0.3, -0.25) is 4.57 Å². The standard InChI is InChI=1S/C13H23F2O7P/c1-5-18-23(17,19-6-2)13(14,15)7-8-9(16)10-11(20-8)22-12(3,4)21-10/h8-11,16H,5-7H2,1-4H3/t8-,9-,10-,11-/m1/s1. The molecule has 1 N–H and O–H groups in total. The van der Waals surface area contributed by atoms with Crippen LogP contribution in [0.2, 0.25) is 0 Å². The van der Waals surface area contributed by atoms with Gasteiger partial charge in [-0.05, 0) is 27.7 Å². The van der Waals surface area contributed by atoms with Crippen molar-refractivity contribution in [1.29, 1.82) is 0 Å². The van der Waals surface area contributed by atoms with Crippen LogP contribution in [-0.2, 0) is 27.8 Å². The third-order valence-corrected chi connectivity index (χ3v) is 5.74. The van der Waals surface area contributed by atoms with Crippen LogP contribution in [-0.4, -0.2) is 54.4 Å². The quantitative estimate of drug-likeness (QED) is 0.698. The van der Waals surface area contributed by atoms with Crippen LogP contribution in [0.25, 0.3) is 0 Å². The normalized spacial score (nSPS) is 33.9. The highest BCUT2D eigenvalue weighted by Crippen LogP contribution is 2.64. The predicted molar refractivity (Wildman–Crippen MR) is 75.1 cm³/mol. The summed E-state index contributed by atoms with van der Waals surface area (Å²) >= 11 is 0. The molecule has 136 valence electrons. The van der Waals surface area contributed by atoms with Gasteiger partial charge in [-0.25, -0.2) is 0 Å². The van der Waals surface area contributed by atoms with E-state index in [0.717, 1.165) is 0 Å². The van der Waals surface area contributed by atoms with Crippen LogP contribution >= 0.6 is 7.60 Å². The maximum Gasteiger partial charge on any atom is 0.399 e. The summed E-state index contributed by atoms with van der Waals surface area (Å²) in [5.41, 5.74) is -3.81. The molecule has 0 saturated carbocycles. The number of alkyl halides is 2. The highest BCUT2D eigenvalue weighted by atomic mass is 31.2. The Morgan fingerprint density at radius 3 is 2.26 bits per heavy atom. The summed E-state index contributed by atoms with van der Waals surface area (Å²) in [5, 5.41) is 10.1. The van der Waals surface area contributed by atoms with Gasteiger partial charge < -0.3 is 28.4 Å². The van der Waals surface area contributed by atoms with Crippen LogP contribution in [0.15, 0.2) is 0 Å². The molecule has 0 unspecified atom stereocenters. The monoisotopic (exact) mass is 360 g/mol. The van der Waals surface area contributed by atoms with Gasteiger partial charge in [0.05, 0.1) is 25.7 Å². The SMILES string of the molecule is CCOP(=O)(OCC)C(F)(F)C[C@H]1O[C@@H]2OC(C)(C)O[C@@H]2[C@@H]1O. The summed E-state index contributed by atoms with van der Waals surface area (Å²) in [6, 6.07) is 0. The molecular formula is C13H23F2O7P. The van der Waals surface area contributed by atoms with Crippen molar-refractivity contribution in [3.05, 3.63) is 0 Å². The molecule has 4 atom stereocenters. The Balaban J connectivity index is 2.08. The first-order valence-corrected chi connectivity index (χ1v) is 9.05. The number of hydrogen-bond donors (Lipinski definition) is 1. The first-order chi connectivity index (χ1) is 10.6. The van der Waals surface area contributed by atoms with Crippen molar-refractivity contribution in [1.82, 2.24) is 0 Å². The summed E-state index contributed by atoms with van der Waals surface area (Å²) in [7, 11) is -4.66. The fourth-order valence-electron chi connectivity index (χ4n) is 2.65. The maximum absolute atomic E-state index is 14.4. The molecule has 0 aromatic heterocycles. The zero-order chi connectivity index (χ0) is 17.5. The fourth-order valence-corrected chi connectivity index (χ4v) is 4.18. The lowest BCUT2D eigenvalue weighted by molar-refractivity contribution is -0.219. The largest absolute Gasteiger partial charge is 0.399 e. The number of aliphatic hydroxyl groups excluding tert-OH is 1. The van der Waals surface area contributed by atoms with E-state index in [1.165, 1.54) is 13.8 Å². The van der Waals surface area contributed by atoms with Crippen LogP contribution in [0, 0.1) is 0 Å². The molecule has 0 radical (unpaired) electrons. The minimum absolute atomic E-state index is 0.188. The molecule has 2 heterocycles. The van der Waals surface area contributed by atoms with E-state index >= 15 is 0 Å². The van der Waals surface area contributed by atoms with Gasteiger partial charge >= 0.3 is 13.3 Å². The van der Waals surface area contributed by atoms with Crippen molar-refractivity contribution >= 4 is 7.60 Å². The van der Waals surface area contributed by atoms with E-state index in [1.54, 1.807) is 13.8 Å². The van der Waals surface area contributed by atoms with Crippen LogP contribution in [0.5, 0.6) is 0 Å². The van der Waals surface area contributed by atoms with Gasteiger partial charge in [-0.2, -0.15) is 8.78 Å². The van der Waals surface area contributed by atoms with Crippen LogP contribution < -0.4 is 0 Å². The first kappa shape index (κ1) is 19.2. The van der Waals surface area contributed by atoms with E-state index in [2.05, 4.69) is 0 Å². The first-order valence-electron chi connectivity index (χ1n) is 7.51. The molecule has 10 heteroatoms. The highest BCUT2D eigenvalue weighted by Gasteiger charge is 2.60. The Hall–Kier alpha value is -0.150. The Morgan fingerprint density at radius 2 is 1.78 bits per heavy atom. The Kier molecular flexibility index (Phi) is 5.53. The van der Waals surface area contributed by atoms with Crippen LogP contribution in [0.3, 0.4) is 0 Å². The van der Waals surface area contributed by atoms with Crippen molar-refractivity contribution in [3.8, 4) is 0 Å². The summed E-state index contributed by atoms with van der Waals surface area (Å²) in [4.78, 5) is 0. The molecule has 2 aliphatic rings. The van der Waals surface area contributed by atoms with Crippen molar-refractivity contribution in [2.24, 2.45) is 0 Å². The molecule has 0 bridgehead atoms. The molecule has 0 aliphatic carbocycles. The lowest BCUT2D eigenvalue weighted by Gasteiger charge is -2.29. The second-order valence-corrected chi connectivity index (χ2v) is 8.00. The van der Waals surface area contributed by atoms with Crippen molar-refractivity contribution in [2.45, 2.75) is 70.2 Å². The molecule has 23 heavy (non-hydrogen) atoms. The summed E-state index contributed by atoms with van der Waals surface area (Å²) in [6.07, 6.45) is -5.47. The van der Waals surface area contributed by atoms with Gasteiger partial charge in [0.15, 0.2) is 12.1 Å². The number of fused-ring (bicyclic) bond motifs is 1. The topological polar surface area (TPSA) is 83.5 Å². The van der Waals surface area contributed by atoms with Gasteiger partial charge in [0.1, 0.15) is 12.2 Å². The number of halogens is 2. The molecular weight excluding hydrogens is 337 g/mol. The third-order valence-electron chi connectivity index (χ3n) is 3.56. The molecule has 2 fully saturated rings. The average Bonchev–Trinajstić information content (AvgIpc) is 2.84. The van der Waals surface area contributed by atoms with E-state index < -0.39 is 50.1 Å². The smallest absolute Gasteiger partial charge is 0.387 e. The van der Waals surface area contributed by atoms with E-state index in [9.17, 15) is 18.5 Å². The molecule has 0 spiro atoms. The Morgan fingerprint density at radius 1 is 1.22 bits per heavy atom. The molecule has 2 aliphatic heterocycles. The second kappa shape index (κ2) is 6.63. The predicted octanol–water partition coefficient (Wildman–Crippen LogP) is 2.47. The molecule has 2 rings (SSSR count). The third kappa shape index (κ3) is 3.76. The lowest BCUT2D eigenvalue weighted by Crippen LogP contribution is -2.38. The fraction of sp³-hybridized carbons (Fsp3) is 1.00. The molecule has 2 saturated heterocycles. The van der Waals surface area contributed by atoms with Gasteiger partial charge in [0, 0.05) is 0 Å². The summed E-state index contributed by atoms with van der Waals surface area (Å²) in [6.45, 7) is 5.76. The maximum atomic E-state index is 14.4. The van der Waals surface area contributed by atoms with Gasteiger partial charge in [0.25, 0.3) is 0 Å². The average molecular weight is 360 g/mol. The van der Waals surface area contributed by atoms with E-state index in [-0.39, 0.29) is 13.2 Å². The summed E-state index contributed by atoms with van der Waals surface area (Å²) < 4.78 is 66.6. The van der Waals surface area contributed by atoms with Gasteiger partial charge in [-0.15, -0.1) is 0 Å². The summed E-state index contributed by atoms with van der Waals surface area (Å²) in [5.74, 6) is -0.963. The zero-order valence-corrected chi connectivity index (χ0v) is 14.4. The number of ether oxygens (including phenoxy) is 3. The Bertz CT molecular complexity index is 463. The van der Waals surface area contributed by atoms with Gasteiger partial charge in [-0.1, -0.05) is 0 Å². The molecule has 0 aromatic rings. The second-order valence-electron chi connectivity index (χ2n) is 5.84. The van der Waals surface area contributed by atoms with E-state index in [4.69, 9.17) is 23.3 Å². The van der Waals surface area contributed by atoms with E-state index in [1.807, 2.05) is 0 Å². The molecule has 0 amide bonds. The van der Waals surface area contributed by atoms with Crippen molar-refractivity contribution in [3.63, 3.8) is 0 Å². The van der Waals surface area contributed by atoms with Crippen molar-refractivity contribution in [2.75, 3.05) is 13.2 Å². The number of hydrogen-bond acceptors (Lipinski definition) is 7. The van der Waals surface area contributed by atoms with E-state index in [0.29, 0.717) is 0 Å². The van der Waals surface area contributed by atoms with Crippen molar-refractivity contribution < 1.29 is 41.7 Å². The number of rotatable bonds is 7. The Labute approximate surface area is 133 Å². The minimum Gasteiger partial charge on any atom is -0.387 e. The molecule has 7 nitrogen and oxygen atoms in total. The molecule has 0 aromatic carbocycles.